The third-order valence-electron chi connectivity index (χ3n) is 2.83. The third-order valence-corrected chi connectivity index (χ3v) is 4.34. The van der Waals surface area contributed by atoms with E-state index >= 15 is 0 Å². The van der Waals surface area contributed by atoms with Gasteiger partial charge in [0.1, 0.15) is 0 Å². The highest BCUT2D eigenvalue weighted by Crippen LogP contribution is 2.27. The van der Waals surface area contributed by atoms with Crippen LogP contribution in [0.4, 0.5) is 0 Å². The Hall–Kier alpha value is -0.390. The van der Waals surface area contributed by atoms with Crippen LogP contribution in [0.5, 0.6) is 0 Å². The second-order valence-electron chi connectivity index (χ2n) is 4.06. The first-order valence-electron chi connectivity index (χ1n) is 5.95. The minimum atomic E-state index is 0.260. The molecule has 0 heterocycles. The van der Waals surface area contributed by atoms with Crippen molar-refractivity contribution in [3.05, 3.63) is 67.7 Å². The lowest BCUT2D eigenvalue weighted by Gasteiger charge is -2.20. The Bertz CT molecular complexity index is 510. The monoisotopic (exact) mass is 415 g/mol. The van der Waals surface area contributed by atoms with E-state index < -0.39 is 0 Å². The average molecular weight is 416 g/mol. The van der Waals surface area contributed by atoms with E-state index in [1.807, 2.05) is 0 Å². The molecule has 0 amide bonds. The van der Waals surface area contributed by atoms with Crippen molar-refractivity contribution in [3.8, 4) is 0 Å². The fraction of sp³-hybridized carbons (Fsp3) is 0.200. The van der Waals surface area contributed by atoms with Crippen LogP contribution in [0, 0.1) is 3.57 Å². The Morgan fingerprint density at radius 3 is 2.39 bits per heavy atom. The minimum absolute atomic E-state index is 0.260. The zero-order chi connectivity index (χ0) is 13.0. The van der Waals surface area contributed by atoms with Crippen LogP contribution < -0.4 is 5.32 Å². The zero-order valence-corrected chi connectivity index (χ0v) is 13.9. The van der Waals surface area contributed by atoms with E-state index in [4.69, 9.17) is 0 Å². The third kappa shape index (κ3) is 3.33. The topological polar surface area (TPSA) is 12.0 Å². The molecular weight excluding hydrogens is 401 g/mol. The molecule has 2 aromatic rings. The highest BCUT2D eigenvalue weighted by molar-refractivity contribution is 14.1. The Morgan fingerprint density at radius 1 is 1.11 bits per heavy atom. The molecular formula is C15H15BrIN. The molecule has 2 aromatic carbocycles. The summed E-state index contributed by atoms with van der Waals surface area (Å²) in [6, 6.07) is 17.3. The Labute approximate surface area is 130 Å². The molecule has 0 aliphatic heterocycles. The molecule has 1 unspecified atom stereocenters. The van der Waals surface area contributed by atoms with Crippen molar-refractivity contribution in [1.29, 1.82) is 0 Å². The van der Waals surface area contributed by atoms with Gasteiger partial charge in [-0.3, -0.25) is 0 Å². The summed E-state index contributed by atoms with van der Waals surface area (Å²) in [6.45, 7) is 3.09. The Balaban J connectivity index is 2.40. The van der Waals surface area contributed by atoms with Crippen LogP contribution in [0.2, 0.25) is 0 Å². The summed E-state index contributed by atoms with van der Waals surface area (Å²) in [5.41, 5.74) is 2.63. The molecule has 0 saturated heterocycles. The number of nitrogens with one attached hydrogen (secondary N) is 1. The van der Waals surface area contributed by atoms with Gasteiger partial charge in [0.15, 0.2) is 0 Å². The van der Waals surface area contributed by atoms with Crippen LogP contribution in [0.1, 0.15) is 24.1 Å². The SMILES string of the molecule is CCNC(c1ccc(Br)cc1)c1ccccc1I. The van der Waals surface area contributed by atoms with Crippen LogP contribution >= 0.6 is 38.5 Å². The fourth-order valence-corrected chi connectivity index (χ4v) is 2.94. The summed E-state index contributed by atoms with van der Waals surface area (Å²) in [5, 5.41) is 3.56. The minimum Gasteiger partial charge on any atom is -0.306 e. The van der Waals surface area contributed by atoms with Crippen molar-refractivity contribution >= 4 is 38.5 Å². The van der Waals surface area contributed by atoms with Crippen LogP contribution in [0.25, 0.3) is 0 Å². The summed E-state index contributed by atoms with van der Waals surface area (Å²) in [6.07, 6.45) is 0. The zero-order valence-electron chi connectivity index (χ0n) is 10.2. The first kappa shape index (κ1) is 14.0. The molecule has 0 aromatic heterocycles. The molecule has 1 N–H and O–H groups in total. The van der Waals surface area contributed by atoms with Crippen molar-refractivity contribution in [2.75, 3.05) is 6.54 Å². The molecule has 0 saturated carbocycles. The summed E-state index contributed by atoms with van der Waals surface area (Å²) >= 11 is 5.88. The van der Waals surface area contributed by atoms with E-state index in [0.29, 0.717) is 0 Å². The molecule has 94 valence electrons. The highest BCUT2D eigenvalue weighted by atomic mass is 127. The van der Waals surface area contributed by atoms with Gasteiger partial charge in [0.05, 0.1) is 6.04 Å². The van der Waals surface area contributed by atoms with Crippen LogP contribution in [0.3, 0.4) is 0 Å². The van der Waals surface area contributed by atoms with Gasteiger partial charge in [-0.05, 0) is 58.5 Å². The maximum Gasteiger partial charge on any atom is 0.0587 e. The highest BCUT2D eigenvalue weighted by Gasteiger charge is 2.14. The molecule has 0 fully saturated rings. The van der Waals surface area contributed by atoms with Crippen molar-refractivity contribution in [2.45, 2.75) is 13.0 Å². The van der Waals surface area contributed by atoms with E-state index in [1.54, 1.807) is 0 Å². The lowest BCUT2D eigenvalue weighted by atomic mass is 9.99. The second-order valence-corrected chi connectivity index (χ2v) is 6.14. The molecule has 1 nitrogen and oxygen atoms in total. The summed E-state index contributed by atoms with van der Waals surface area (Å²) in [7, 11) is 0. The van der Waals surface area contributed by atoms with E-state index in [0.717, 1.165) is 11.0 Å². The number of benzene rings is 2. The van der Waals surface area contributed by atoms with Crippen molar-refractivity contribution in [1.82, 2.24) is 5.32 Å². The van der Waals surface area contributed by atoms with Crippen LogP contribution in [-0.4, -0.2) is 6.54 Å². The summed E-state index contributed by atoms with van der Waals surface area (Å²) < 4.78 is 2.41. The smallest absolute Gasteiger partial charge is 0.0587 e. The summed E-state index contributed by atoms with van der Waals surface area (Å²) in [4.78, 5) is 0. The van der Waals surface area contributed by atoms with Gasteiger partial charge in [-0.1, -0.05) is 53.2 Å². The standard InChI is InChI=1S/C15H15BrIN/c1-2-18-15(11-7-9-12(16)10-8-11)13-5-3-4-6-14(13)17/h3-10,15,18H,2H2,1H3. The van der Waals surface area contributed by atoms with Crippen molar-refractivity contribution in [3.63, 3.8) is 0 Å². The lowest BCUT2D eigenvalue weighted by molar-refractivity contribution is 0.628. The molecule has 1 atom stereocenters. The molecule has 3 heteroatoms. The van der Waals surface area contributed by atoms with Gasteiger partial charge in [-0.15, -0.1) is 0 Å². The van der Waals surface area contributed by atoms with E-state index in [2.05, 4.69) is 99.3 Å². The first-order valence-corrected chi connectivity index (χ1v) is 7.83. The van der Waals surface area contributed by atoms with Gasteiger partial charge < -0.3 is 5.32 Å². The van der Waals surface area contributed by atoms with Crippen LogP contribution in [0.15, 0.2) is 53.0 Å². The Kier molecular flexibility index (Phi) is 5.21. The van der Waals surface area contributed by atoms with E-state index in [9.17, 15) is 0 Å². The maximum absolute atomic E-state index is 3.56. The number of hydrogen-bond acceptors (Lipinski definition) is 1. The number of rotatable bonds is 4. The summed E-state index contributed by atoms with van der Waals surface area (Å²) in [5.74, 6) is 0. The van der Waals surface area contributed by atoms with Gasteiger partial charge in [0, 0.05) is 8.04 Å². The van der Waals surface area contributed by atoms with Gasteiger partial charge in [0.25, 0.3) is 0 Å². The molecule has 0 aliphatic rings. The number of halogens is 2. The first-order chi connectivity index (χ1) is 8.72. The maximum atomic E-state index is 3.56. The predicted molar refractivity (Wildman–Crippen MR) is 88.8 cm³/mol. The number of hydrogen-bond donors (Lipinski definition) is 1. The van der Waals surface area contributed by atoms with Gasteiger partial charge >= 0.3 is 0 Å². The second kappa shape index (κ2) is 6.68. The molecule has 18 heavy (non-hydrogen) atoms. The van der Waals surface area contributed by atoms with Gasteiger partial charge in [-0.2, -0.15) is 0 Å². The molecule has 0 spiro atoms. The van der Waals surface area contributed by atoms with Gasteiger partial charge in [-0.25, -0.2) is 0 Å². The molecule has 0 radical (unpaired) electrons. The molecule has 2 rings (SSSR count). The van der Waals surface area contributed by atoms with Crippen LogP contribution in [-0.2, 0) is 0 Å². The Morgan fingerprint density at radius 2 is 1.78 bits per heavy atom. The predicted octanol–water partition coefficient (Wildman–Crippen LogP) is 4.75. The van der Waals surface area contributed by atoms with E-state index in [-0.39, 0.29) is 6.04 Å². The van der Waals surface area contributed by atoms with Gasteiger partial charge in [0.2, 0.25) is 0 Å². The van der Waals surface area contributed by atoms with Crippen molar-refractivity contribution < 1.29 is 0 Å². The lowest BCUT2D eigenvalue weighted by Crippen LogP contribution is -2.22. The van der Waals surface area contributed by atoms with E-state index in [1.165, 1.54) is 14.7 Å². The fourth-order valence-electron chi connectivity index (χ4n) is 1.98. The van der Waals surface area contributed by atoms with Crippen molar-refractivity contribution in [2.24, 2.45) is 0 Å². The quantitative estimate of drug-likeness (QED) is 0.710. The molecule has 0 aliphatic carbocycles. The average Bonchev–Trinajstić information content (AvgIpc) is 2.38. The normalized spacial score (nSPS) is 12.4. The largest absolute Gasteiger partial charge is 0.306 e. The molecule has 0 bridgehead atoms.